The van der Waals surface area contributed by atoms with Gasteiger partial charge >= 0.3 is 0 Å². The third-order valence-corrected chi connectivity index (χ3v) is 6.63. The fourth-order valence-corrected chi connectivity index (χ4v) is 5.03. The minimum atomic E-state index is -0.670. The highest BCUT2D eigenvalue weighted by molar-refractivity contribution is 6.30. The maximum absolute atomic E-state index is 12.9. The SMILES string of the molecule is Cc1cc(C)c(C2=C(O)C3(CCC(OCc4ccc(Cl)cc4)CC3)NC2=O)c(C)c1. The van der Waals surface area contributed by atoms with E-state index in [9.17, 15) is 9.90 Å². The fourth-order valence-electron chi connectivity index (χ4n) is 4.90. The molecule has 30 heavy (non-hydrogen) atoms. The lowest BCUT2D eigenvalue weighted by Crippen LogP contribution is -2.48. The van der Waals surface area contributed by atoms with Crippen molar-refractivity contribution in [3.63, 3.8) is 0 Å². The summed E-state index contributed by atoms with van der Waals surface area (Å²) in [6.07, 6.45) is 3.03. The number of aliphatic hydroxyl groups excluding tert-OH is 1. The third-order valence-electron chi connectivity index (χ3n) is 6.38. The van der Waals surface area contributed by atoms with Gasteiger partial charge in [-0.3, -0.25) is 4.79 Å². The summed E-state index contributed by atoms with van der Waals surface area (Å²) in [5.41, 5.74) is 4.89. The van der Waals surface area contributed by atoms with Crippen molar-refractivity contribution in [2.45, 2.75) is 64.7 Å². The standard InChI is InChI=1S/C25H28ClNO3/c1-15-12-16(2)21(17(3)13-15)22-23(28)25(27-24(22)29)10-8-20(9-11-25)30-14-18-4-6-19(26)7-5-18/h4-7,12-13,20,28H,8-11,14H2,1-3H3,(H,27,29). The van der Waals surface area contributed by atoms with E-state index in [1.807, 2.05) is 45.0 Å². The van der Waals surface area contributed by atoms with Crippen LogP contribution >= 0.6 is 11.6 Å². The minimum absolute atomic E-state index is 0.114. The van der Waals surface area contributed by atoms with E-state index in [2.05, 4.69) is 17.4 Å². The highest BCUT2D eigenvalue weighted by atomic mass is 35.5. The third kappa shape index (κ3) is 3.86. The molecule has 1 fully saturated rings. The molecule has 158 valence electrons. The van der Waals surface area contributed by atoms with Gasteiger partial charge in [-0.1, -0.05) is 41.4 Å². The molecule has 0 radical (unpaired) electrons. The average Bonchev–Trinajstić information content (AvgIpc) is 2.92. The zero-order chi connectivity index (χ0) is 21.5. The van der Waals surface area contributed by atoms with Gasteiger partial charge in [0, 0.05) is 5.02 Å². The summed E-state index contributed by atoms with van der Waals surface area (Å²) in [7, 11) is 0. The number of ether oxygens (including phenoxy) is 1. The number of halogens is 1. The Hall–Kier alpha value is -2.30. The number of hydrogen-bond donors (Lipinski definition) is 2. The number of nitrogens with one attached hydrogen (secondary N) is 1. The van der Waals surface area contributed by atoms with Gasteiger partial charge in [-0.05, 0) is 80.8 Å². The molecule has 1 spiro atoms. The van der Waals surface area contributed by atoms with Gasteiger partial charge in [0.1, 0.15) is 5.76 Å². The van der Waals surface area contributed by atoms with Crippen LogP contribution in [0.2, 0.25) is 5.02 Å². The predicted molar refractivity (Wildman–Crippen MR) is 120 cm³/mol. The number of hydrogen-bond acceptors (Lipinski definition) is 3. The van der Waals surface area contributed by atoms with E-state index < -0.39 is 5.54 Å². The number of aryl methyl sites for hydroxylation is 3. The maximum Gasteiger partial charge on any atom is 0.256 e. The molecule has 2 aromatic rings. The second-order valence-electron chi connectivity index (χ2n) is 8.67. The molecule has 1 saturated carbocycles. The molecule has 1 aliphatic heterocycles. The number of amides is 1. The molecule has 0 unspecified atom stereocenters. The first kappa shape index (κ1) is 21.0. The van der Waals surface area contributed by atoms with Crippen LogP contribution in [0.1, 0.15) is 53.5 Å². The molecule has 1 amide bonds. The minimum Gasteiger partial charge on any atom is -0.509 e. The quantitative estimate of drug-likeness (QED) is 0.673. The molecule has 0 aromatic heterocycles. The van der Waals surface area contributed by atoms with Crippen molar-refractivity contribution in [2.24, 2.45) is 0 Å². The topological polar surface area (TPSA) is 58.6 Å². The van der Waals surface area contributed by atoms with Crippen LogP contribution < -0.4 is 5.32 Å². The van der Waals surface area contributed by atoms with Crippen LogP contribution in [0.5, 0.6) is 0 Å². The van der Waals surface area contributed by atoms with Crippen molar-refractivity contribution in [1.82, 2.24) is 5.32 Å². The van der Waals surface area contributed by atoms with Gasteiger partial charge in [0.05, 0.1) is 23.8 Å². The molecule has 2 aromatic carbocycles. The molecular formula is C25H28ClNO3. The molecule has 0 saturated heterocycles. The number of aliphatic hydroxyl groups is 1. The van der Waals surface area contributed by atoms with Crippen molar-refractivity contribution in [1.29, 1.82) is 0 Å². The monoisotopic (exact) mass is 425 g/mol. The highest BCUT2D eigenvalue weighted by Gasteiger charge is 2.48. The molecule has 0 atom stereocenters. The van der Waals surface area contributed by atoms with E-state index in [0.717, 1.165) is 40.7 Å². The van der Waals surface area contributed by atoms with Crippen LogP contribution in [0.25, 0.3) is 5.57 Å². The largest absolute Gasteiger partial charge is 0.509 e. The normalized spacial score (nSPS) is 23.9. The van der Waals surface area contributed by atoms with Crippen LogP contribution in [0.15, 0.2) is 42.2 Å². The summed E-state index contributed by atoms with van der Waals surface area (Å²) in [5.74, 6) is 0.0155. The summed E-state index contributed by atoms with van der Waals surface area (Å²) in [6.45, 7) is 6.57. The molecule has 2 N–H and O–H groups in total. The Bertz CT molecular complexity index is 979. The number of rotatable bonds is 4. The molecule has 1 heterocycles. The van der Waals surface area contributed by atoms with Crippen LogP contribution in [0.3, 0.4) is 0 Å². The van der Waals surface area contributed by atoms with Gasteiger partial charge in [-0.15, -0.1) is 0 Å². The second kappa shape index (κ2) is 8.09. The highest BCUT2D eigenvalue weighted by Crippen LogP contribution is 2.43. The van der Waals surface area contributed by atoms with Crippen LogP contribution in [0, 0.1) is 20.8 Å². The number of carbonyl (C=O) groups is 1. The Kier molecular flexibility index (Phi) is 5.65. The molecule has 2 aliphatic rings. The lowest BCUT2D eigenvalue weighted by molar-refractivity contribution is -0.116. The van der Waals surface area contributed by atoms with E-state index in [-0.39, 0.29) is 17.8 Å². The van der Waals surface area contributed by atoms with Gasteiger partial charge < -0.3 is 15.2 Å². The Balaban J connectivity index is 1.48. The molecule has 5 heteroatoms. The van der Waals surface area contributed by atoms with Crippen LogP contribution in [-0.2, 0) is 16.1 Å². The van der Waals surface area contributed by atoms with Crippen molar-refractivity contribution in [3.8, 4) is 0 Å². The predicted octanol–water partition coefficient (Wildman–Crippen LogP) is 5.56. The van der Waals surface area contributed by atoms with Gasteiger partial charge in [-0.25, -0.2) is 0 Å². The van der Waals surface area contributed by atoms with Crippen molar-refractivity contribution in [2.75, 3.05) is 0 Å². The van der Waals surface area contributed by atoms with Gasteiger partial charge in [-0.2, -0.15) is 0 Å². The maximum atomic E-state index is 12.9. The Morgan fingerprint density at radius 2 is 1.70 bits per heavy atom. The van der Waals surface area contributed by atoms with Gasteiger partial charge in [0.25, 0.3) is 5.91 Å². The first-order valence-corrected chi connectivity index (χ1v) is 10.9. The van der Waals surface area contributed by atoms with Gasteiger partial charge in [0.15, 0.2) is 0 Å². The summed E-state index contributed by atoms with van der Waals surface area (Å²) >= 11 is 5.94. The number of carbonyl (C=O) groups excluding carboxylic acids is 1. The van der Waals surface area contributed by atoms with Crippen molar-refractivity contribution < 1.29 is 14.6 Å². The summed E-state index contributed by atoms with van der Waals surface area (Å²) in [6, 6.07) is 11.8. The molecule has 1 aliphatic carbocycles. The Morgan fingerprint density at radius 3 is 2.30 bits per heavy atom. The van der Waals surface area contributed by atoms with Crippen molar-refractivity contribution >= 4 is 23.1 Å². The van der Waals surface area contributed by atoms with E-state index >= 15 is 0 Å². The Morgan fingerprint density at radius 1 is 1.10 bits per heavy atom. The van der Waals surface area contributed by atoms with E-state index in [0.29, 0.717) is 30.0 Å². The van der Waals surface area contributed by atoms with Crippen molar-refractivity contribution in [3.05, 3.63) is 75.0 Å². The summed E-state index contributed by atoms with van der Waals surface area (Å²) in [4.78, 5) is 12.9. The van der Waals surface area contributed by atoms with E-state index in [4.69, 9.17) is 16.3 Å². The lowest BCUT2D eigenvalue weighted by Gasteiger charge is -2.37. The fraction of sp³-hybridized carbons (Fsp3) is 0.400. The lowest BCUT2D eigenvalue weighted by atomic mass is 9.79. The second-order valence-corrected chi connectivity index (χ2v) is 9.11. The first-order valence-electron chi connectivity index (χ1n) is 10.5. The Labute approximate surface area is 182 Å². The summed E-state index contributed by atoms with van der Waals surface area (Å²) in [5, 5.41) is 15.0. The molecule has 4 nitrogen and oxygen atoms in total. The number of benzene rings is 2. The van der Waals surface area contributed by atoms with Crippen LogP contribution in [-0.4, -0.2) is 22.7 Å². The summed E-state index contributed by atoms with van der Waals surface area (Å²) < 4.78 is 6.08. The molecule has 0 bridgehead atoms. The average molecular weight is 426 g/mol. The molecule has 4 rings (SSSR count). The van der Waals surface area contributed by atoms with Gasteiger partial charge in [0.2, 0.25) is 0 Å². The van der Waals surface area contributed by atoms with E-state index in [1.165, 1.54) is 0 Å². The van der Waals surface area contributed by atoms with E-state index in [1.54, 1.807) is 0 Å². The van der Waals surface area contributed by atoms with Crippen LogP contribution in [0.4, 0.5) is 0 Å². The zero-order valence-corrected chi connectivity index (χ0v) is 18.5. The smallest absolute Gasteiger partial charge is 0.256 e. The molecular weight excluding hydrogens is 398 g/mol. The zero-order valence-electron chi connectivity index (χ0n) is 17.7. The first-order chi connectivity index (χ1) is 14.3.